The number of amides is 1. The number of aryl methyl sites for hydroxylation is 1. The molecule has 1 saturated heterocycles. The molecule has 2 heterocycles. The zero-order valence-electron chi connectivity index (χ0n) is 13.5. The van der Waals surface area contributed by atoms with Gasteiger partial charge in [0.2, 0.25) is 0 Å². The number of aliphatic hydroxyl groups excluding tert-OH is 1. The predicted molar refractivity (Wildman–Crippen MR) is 79.6 cm³/mol. The second kappa shape index (κ2) is 6.52. The molecule has 0 unspecified atom stereocenters. The molecule has 2 rings (SSSR count). The molecule has 1 aromatic heterocycles. The van der Waals surface area contributed by atoms with Crippen molar-refractivity contribution in [3.63, 3.8) is 0 Å². The summed E-state index contributed by atoms with van der Waals surface area (Å²) >= 11 is 0. The van der Waals surface area contributed by atoms with E-state index in [1.165, 1.54) is 12.0 Å². The first kappa shape index (κ1) is 16.5. The van der Waals surface area contributed by atoms with E-state index in [9.17, 15) is 14.7 Å². The van der Waals surface area contributed by atoms with Crippen LogP contribution in [-0.4, -0.2) is 47.7 Å². The molecule has 1 aromatic rings. The molecule has 0 spiro atoms. The van der Waals surface area contributed by atoms with Gasteiger partial charge in [0.05, 0.1) is 18.8 Å². The van der Waals surface area contributed by atoms with Crippen molar-refractivity contribution in [1.29, 1.82) is 0 Å². The average Bonchev–Trinajstić information content (AvgIpc) is 2.88. The minimum atomic E-state index is -0.752. The summed E-state index contributed by atoms with van der Waals surface area (Å²) in [6.07, 6.45) is 0.0595. The van der Waals surface area contributed by atoms with Gasteiger partial charge >= 0.3 is 5.97 Å². The standard InChI is InChI=1S/C16H23NO5/c1-9(2)14-8-12(10(3)22-14)15(19)17-6-5-11(18)7-13(17)16(20)21-4/h8-9,11,13,18H,5-7H2,1-4H3/t11-,13+/m1/s1. The van der Waals surface area contributed by atoms with Gasteiger partial charge in [-0.1, -0.05) is 13.8 Å². The van der Waals surface area contributed by atoms with Gasteiger partial charge in [-0.2, -0.15) is 0 Å². The summed E-state index contributed by atoms with van der Waals surface area (Å²) < 4.78 is 10.4. The topological polar surface area (TPSA) is 80.0 Å². The van der Waals surface area contributed by atoms with Crippen LogP contribution in [0.15, 0.2) is 10.5 Å². The number of carbonyl (C=O) groups is 2. The molecule has 0 aliphatic carbocycles. The molecule has 1 aliphatic rings. The number of piperidine rings is 1. The van der Waals surface area contributed by atoms with Gasteiger partial charge in [0.1, 0.15) is 17.6 Å². The maximum absolute atomic E-state index is 12.8. The number of carbonyl (C=O) groups excluding carboxylic acids is 2. The van der Waals surface area contributed by atoms with Crippen molar-refractivity contribution in [2.24, 2.45) is 0 Å². The number of nitrogens with zero attached hydrogens (tertiary/aromatic N) is 1. The lowest BCUT2D eigenvalue weighted by Crippen LogP contribution is -2.51. The number of likely N-dealkylation sites (tertiary alicyclic amines) is 1. The van der Waals surface area contributed by atoms with E-state index in [-0.39, 0.29) is 18.2 Å². The monoisotopic (exact) mass is 309 g/mol. The number of ether oxygens (including phenoxy) is 1. The van der Waals surface area contributed by atoms with Crippen LogP contribution in [0, 0.1) is 6.92 Å². The third-order valence-corrected chi connectivity index (χ3v) is 4.05. The Morgan fingerprint density at radius 2 is 2.14 bits per heavy atom. The van der Waals surface area contributed by atoms with Crippen molar-refractivity contribution in [2.75, 3.05) is 13.7 Å². The van der Waals surface area contributed by atoms with Crippen molar-refractivity contribution in [3.05, 3.63) is 23.2 Å². The van der Waals surface area contributed by atoms with Crippen molar-refractivity contribution < 1.29 is 23.8 Å². The Kier molecular flexibility index (Phi) is 4.90. The van der Waals surface area contributed by atoms with E-state index in [0.717, 1.165) is 5.76 Å². The summed E-state index contributed by atoms with van der Waals surface area (Å²) in [7, 11) is 1.28. The van der Waals surface area contributed by atoms with Crippen LogP contribution in [-0.2, 0) is 9.53 Å². The Labute approximate surface area is 130 Å². The van der Waals surface area contributed by atoms with E-state index in [1.807, 2.05) is 13.8 Å². The fraction of sp³-hybridized carbons (Fsp3) is 0.625. The fourth-order valence-electron chi connectivity index (χ4n) is 2.71. The Balaban J connectivity index is 2.28. The molecule has 6 nitrogen and oxygen atoms in total. The molecule has 1 N–H and O–H groups in total. The van der Waals surface area contributed by atoms with Crippen LogP contribution in [0.2, 0.25) is 0 Å². The summed E-state index contributed by atoms with van der Waals surface area (Å²) in [5, 5.41) is 9.76. The van der Waals surface area contributed by atoms with Crippen LogP contribution in [0.5, 0.6) is 0 Å². The highest BCUT2D eigenvalue weighted by Gasteiger charge is 2.37. The molecular weight excluding hydrogens is 286 g/mol. The largest absolute Gasteiger partial charge is 0.467 e. The summed E-state index contributed by atoms with van der Waals surface area (Å²) in [6, 6.07) is 0.986. The molecule has 6 heteroatoms. The third kappa shape index (κ3) is 3.16. The second-order valence-electron chi connectivity index (χ2n) is 5.99. The van der Waals surface area contributed by atoms with Crippen molar-refractivity contribution >= 4 is 11.9 Å². The van der Waals surface area contributed by atoms with Gasteiger partial charge < -0.3 is 19.2 Å². The van der Waals surface area contributed by atoms with Gasteiger partial charge in [0, 0.05) is 18.9 Å². The zero-order valence-corrected chi connectivity index (χ0v) is 13.5. The number of rotatable bonds is 3. The third-order valence-electron chi connectivity index (χ3n) is 4.05. The molecule has 1 fully saturated rings. The van der Waals surface area contributed by atoms with Crippen molar-refractivity contribution in [1.82, 2.24) is 4.90 Å². The number of aliphatic hydroxyl groups is 1. The number of furan rings is 1. The summed E-state index contributed by atoms with van der Waals surface area (Å²) in [6.45, 7) is 6.04. The highest BCUT2D eigenvalue weighted by molar-refractivity contribution is 5.97. The lowest BCUT2D eigenvalue weighted by molar-refractivity contribution is -0.148. The van der Waals surface area contributed by atoms with Gasteiger partial charge in [-0.15, -0.1) is 0 Å². The van der Waals surface area contributed by atoms with Crippen molar-refractivity contribution in [2.45, 2.75) is 51.7 Å². The second-order valence-corrected chi connectivity index (χ2v) is 5.99. The minimum Gasteiger partial charge on any atom is -0.467 e. The van der Waals surface area contributed by atoms with Gasteiger partial charge in [-0.05, 0) is 19.4 Å². The molecule has 2 atom stereocenters. The summed E-state index contributed by atoms with van der Waals surface area (Å²) in [4.78, 5) is 26.1. The Bertz CT molecular complexity index is 563. The maximum atomic E-state index is 12.8. The van der Waals surface area contributed by atoms with Crippen LogP contribution < -0.4 is 0 Å². The van der Waals surface area contributed by atoms with Crippen LogP contribution in [0.25, 0.3) is 0 Å². The van der Waals surface area contributed by atoms with Gasteiger partial charge in [-0.25, -0.2) is 4.79 Å². The van der Waals surface area contributed by atoms with E-state index in [1.54, 1.807) is 13.0 Å². The maximum Gasteiger partial charge on any atom is 0.328 e. The molecule has 0 aromatic carbocycles. The first-order chi connectivity index (χ1) is 10.3. The number of esters is 1. The molecule has 22 heavy (non-hydrogen) atoms. The SMILES string of the molecule is COC(=O)[C@@H]1C[C@H](O)CCN1C(=O)c1cc(C(C)C)oc1C. The van der Waals surface area contributed by atoms with E-state index >= 15 is 0 Å². The van der Waals surface area contributed by atoms with E-state index < -0.39 is 18.1 Å². The Morgan fingerprint density at radius 1 is 1.45 bits per heavy atom. The molecule has 122 valence electrons. The lowest BCUT2D eigenvalue weighted by Gasteiger charge is -2.35. The highest BCUT2D eigenvalue weighted by Crippen LogP contribution is 2.26. The first-order valence-electron chi connectivity index (χ1n) is 7.52. The predicted octanol–water partition coefficient (Wildman–Crippen LogP) is 1.85. The first-order valence-corrected chi connectivity index (χ1v) is 7.52. The van der Waals surface area contributed by atoms with Crippen LogP contribution in [0.4, 0.5) is 0 Å². The average molecular weight is 309 g/mol. The number of methoxy groups -OCH3 is 1. The summed E-state index contributed by atoms with van der Waals surface area (Å²) in [5.74, 6) is 0.712. The Morgan fingerprint density at radius 3 is 2.68 bits per heavy atom. The molecule has 0 saturated carbocycles. The van der Waals surface area contributed by atoms with E-state index in [0.29, 0.717) is 24.3 Å². The minimum absolute atomic E-state index is 0.180. The Hall–Kier alpha value is -1.82. The number of hydrogen-bond acceptors (Lipinski definition) is 5. The van der Waals surface area contributed by atoms with E-state index in [2.05, 4.69) is 0 Å². The number of hydrogen-bond donors (Lipinski definition) is 1. The normalized spacial score (nSPS) is 22.0. The van der Waals surface area contributed by atoms with Gasteiger partial charge in [-0.3, -0.25) is 4.79 Å². The molecule has 1 amide bonds. The van der Waals surface area contributed by atoms with E-state index in [4.69, 9.17) is 9.15 Å². The summed E-state index contributed by atoms with van der Waals surface area (Å²) in [5.41, 5.74) is 0.467. The quantitative estimate of drug-likeness (QED) is 0.862. The molecule has 0 bridgehead atoms. The molecular formula is C16H23NO5. The van der Waals surface area contributed by atoms with Crippen LogP contribution in [0.1, 0.15) is 54.5 Å². The van der Waals surface area contributed by atoms with Crippen LogP contribution in [0.3, 0.4) is 0 Å². The fourth-order valence-corrected chi connectivity index (χ4v) is 2.71. The van der Waals surface area contributed by atoms with Crippen LogP contribution >= 0.6 is 0 Å². The molecule has 0 radical (unpaired) electrons. The lowest BCUT2D eigenvalue weighted by atomic mass is 9.98. The zero-order chi connectivity index (χ0) is 16.4. The van der Waals surface area contributed by atoms with Crippen molar-refractivity contribution in [3.8, 4) is 0 Å². The highest BCUT2D eigenvalue weighted by atomic mass is 16.5. The smallest absolute Gasteiger partial charge is 0.328 e. The van der Waals surface area contributed by atoms with Gasteiger partial charge in [0.25, 0.3) is 5.91 Å². The van der Waals surface area contributed by atoms with Gasteiger partial charge in [0.15, 0.2) is 0 Å². The molecule has 1 aliphatic heterocycles.